The van der Waals surface area contributed by atoms with E-state index in [1.54, 1.807) is 30.6 Å². The fourth-order valence-corrected chi connectivity index (χ4v) is 8.56. The number of fused-ring (bicyclic) bond motifs is 2. The van der Waals surface area contributed by atoms with Gasteiger partial charge >= 0.3 is 0 Å². The fraction of sp³-hybridized carbons (Fsp3) is 0.179. The van der Waals surface area contributed by atoms with Crippen LogP contribution in [0, 0.1) is 23.3 Å². The Hall–Kier alpha value is -8.45. The van der Waals surface area contributed by atoms with Gasteiger partial charge in [0.05, 0.1) is 33.8 Å². The first-order chi connectivity index (χ1) is 36.2. The maximum atomic E-state index is 15.0. The van der Waals surface area contributed by atoms with Crippen molar-refractivity contribution in [3.05, 3.63) is 175 Å². The molecule has 8 aromatic rings. The predicted molar refractivity (Wildman–Crippen MR) is 292 cm³/mol. The SMILES string of the molecule is C=CC(=O)Nc1cccc(-c2cccc3cnc(Cl)nc23)c1.C=CC(=O)Nc1cccc(-c2cccc3cnc(Nc4ccc(N5CCN(C)CC5)c(F)c4F)nc23)c1.CN1CCN(c2ccc(N)c(F)c2F)CC1. The van der Waals surface area contributed by atoms with E-state index in [2.05, 4.69) is 58.8 Å². The molecule has 4 heterocycles. The Morgan fingerprint density at radius 3 is 1.57 bits per heavy atom. The van der Waals surface area contributed by atoms with Gasteiger partial charge in [0.2, 0.25) is 23.0 Å². The summed E-state index contributed by atoms with van der Waals surface area (Å²) in [7, 11) is 4.02. The third-order valence-electron chi connectivity index (χ3n) is 12.5. The molecule has 2 saturated heterocycles. The highest BCUT2D eigenvalue weighted by atomic mass is 35.5. The molecule has 2 aliphatic heterocycles. The van der Waals surface area contributed by atoms with Crippen molar-refractivity contribution in [2.45, 2.75) is 0 Å². The number of carbonyl (C=O) groups is 2. The van der Waals surface area contributed by atoms with Crippen LogP contribution in [-0.4, -0.2) is 108 Å². The van der Waals surface area contributed by atoms with E-state index in [9.17, 15) is 22.8 Å². The molecule has 0 aliphatic carbocycles. The zero-order chi connectivity index (χ0) is 53.2. The van der Waals surface area contributed by atoms with Crippen molar-refractivity contribution in [2.75, 3.05) is 97.9 Å². The number of aromatic nitrogens is 4. The van der Waals surface area contributed by atoms with E-state index >= 15 is 4.39 Å². The molecule has 0 radical (unpaired) electrons. The van der Waals surface area contributed by atoms with Crippen molar-refractivity contribution in [2.24, 2.45) is 0 Å². The lowest BCUT2D eigenvalue weighted by Crippen LogP contribution is -2.44. The molecule has 14 nitrogen and oxygen atoms in total. The van der Waals surface area contributed by atoms with Crippen molar-refractivity contribution in [3.8, 4) is 22.3 Å². The second-order valence-corrected chi connectivity index (χ2v) is 18.0. The van der Waals surface area contributed by atoms with Gasteiger partial charge in [0, 0.05) is 98.0 Å². The van der Waals surface area contributed by atoms with Crippen molar-refractivity contribution < 1.29 is 27.2 Å². The molecule has 6 aromatic carbocycles. The van der Waals surface area contributed by atoms with Gasteiger partial charge in [-0.2, -0.15) is 0 Å². The number of carbonyl (C=O) groups excluding carboxylic acids is 2. The fourth-order valence-electron chi connectivity index (χ4n) is 8.43. The number of likely N-dealkylation sites (N-methyl/N-ethyl adjacent to an activating group) is 2. The van der Waals surface area contributed by atoms with Crippen molar-refractivity contribution >= 4 is 85.3 Å². The van der Waals surface area contributed by atoms with Crippen LogP contribution in [0.1, 0.15) is 0 Å². The number of hydrogen-bond acceptors (Lipinski definition) is 12. The molecule has 75 heavy (non-hydrogen) atoms. The lowest BCUT2D eigenvalue weighted by atomic mass is 10.0. The van der Waals surface area contributed by atoms with Gasteiger partial charge in [-0.05, 0) is 97.5 Å². The van der Waals surface area contributed by atoms with Crippen molar-refractivity contribution in [3.63, 3.8) is 0 Å². The minimum Gasteiger partial charge on any atom is -0.396 e. The highest BCUT2D eigenvalue weighted by Gasteiger charge is 2.23. The Bertz CT molecular complexity index is 3400. The normalized spacial score (nSPS) is 13.7. The molecular weight excluding hydrogens is 984 g/mol. The summed E-state index contributed by atoms with van der Waals surface area (Å²) >= 11 is 5.91. The Morgan fingerprint density at radius 1 is 0.587 bits per heavy atom. The van der Waals surface area contributed by atoms with Crippen LogP contribution in [0.15, 0.2) is 147 Å². The van der Waals surface area contributed by atoms with Crippen molar-refractivity contribution in [1.29, 1.82) is 0 Å². The summed E-state index contributed by atoms with van der Waals surface area (Å²) in [5, 5.41) is 10.2. The number of nitrogens with one attached hydrogen (secondary N) is 3. The van der Waals surface area contributed by atoms with Crippen LogP contribution < -0.4 is 31.5 Å². The summed E-state index contributed by atoms with van der Waals surface area (Å²) in [6.07, 6.45) is 5.76. The second-order valence-electron chi connectivity index (χ2n) is 17.6. The Balaban J connectivity index is 0.000000166. The number of halogens is 5. The molecule has 2 aromatic heterocycles. The quantitative estimate of drug-likeness (QED) is 0.0445. The third-order valence-corrected chi connectivity index (χ3v) is 12.7. The summed E-state index contributed by atoms with van der Waals surface area (Å²) < 4.78 is 57.0. The highest BCUT2D eigenvalue weighted by molar-refractivity contribution is 6.28. The topological polar surface area (TPSA) is 161 Å². The van der Waals surface area contributed by atoms with E-state index in [1.165, 1.54) is 24.3 Å². The zero-order valence-corrected chi connectivity index (χ0v) is 41.9. The highest BCUT2D eigenvalue weighted by Crippen LogP contribution is 2.33. The molecule has 384 valence electrons. The van der Waals surface area contributed by atoms with E-state index in [-0.39, 0.29) is 40.1 Å². The number of nitrogen functional groups attached to an aromatic ring is 1. The van der Waals surface area contributed by atoms with Crippen molar-refractivity contribution in [1.82, 2.24) is 29.7 Å². The number of hydrogen-bond donors (Lipinski definition) is 4. The van der Waals surface area contributed by atoms with Gasteiger partial charge in [0.15, 0.2) is 23.3 Å². The minimum absolute atomic E-state index is 0.0404. The molecule has 0 saturated carbocycles. The molecule has 0 spiro atoms. The number of rotatable bonds is 10. The predicted octanol–water partition coefficient (Wildman–Crippen LogP) is 10.6. The van der Waals surface area contributed by atoms with E-state index in [4.69, 9.17) is 17.3 Å². The number of amides is 2. The second kappa shape index (κ2) is 24.1. The summed E-state index contributed by atoms with van der Waals surface area (Å²) in [5.74, 6) is -4.08. The molecule has 2 fully saturated rings. The third kappa shape index (κ3) is 12.8. The average Bonchev–Trinajstić information content (AvgIpc) is 3.42. The molecule has 0 unspecified atom stereocenters. The zero-order valence-electron chi connectivity index (χ0n) is 41.1. The average molecular weight is 1040 g/mol. The molecule has 5 N–H and O–H groups in total. The Labute approximate surface area is 436 Å². The monoisotopic (exact) mass is 1040 g/mol. The smallest absolute Gasteiger partial charge is 0.247 e. The van der Waals surface area contributed by atoms with Gasteiger partial charge in [0.1, 0.15) is 0 Å². The van der Waals surface area contributed by atoms with E-state index in [0.717, 1.165) is 64.7 Å². The lowest BCUT2D eigenvalue weighted by molar-refractivity contribution is -0.112. The van der Waals surface area contributed by atoms with Gasteiger partial charge < -0.3 is 41.3 Å². The van der Waals surface area contributed by atoms with Crippen LogP contribution >= 0.6 is 11.6 Å². The maximum Gasteiger partial charge on any atom is 0.247 e. The minimum atomic E-state index is -0.973. The van der Waals surface area contributed by atoms with Crippen LogP contribution in [0.25, 0.3) is 44.1 Å². The van der Waals surface area contributed by atoms with E-state index in [1.807, 2.05) is 103 Å². The van der Waals surface area contributed by atoms with Gasteiger partial charge in [-0.15, -0.1) is 0 Å². The van der Waals surface area contributed by atoms with Crippen LogP contribution in [0.4, 0.5) is 57.6 Å². The maximum absolute atomic E-state index is 15.0. The van der Waals surface area contributed by atoms with Crippen LogP contribution in [0.3, 0.4) is 0 Å². The van der Waals surface area contributed by atoms with E-state index in [0.29, 0.717) is 48.8 Å². The molecule has 0 bridgehead atoms. The van der Waals surface area contributed by atoms with Gasteiger partial charge in [-0.1, -0.05) is 73.8 Å². The first-order valence-corrected chi connectivity index (χ1v) is 24.2. The van der Waals surface area contributed by atoms with Crippen LogP contribution in [0.2, 0.25) is 5.28 Å². The molecule has 2 aliphatic rings. The largest absolute Gasteiger partial charge is 0.396 e. The summed E-state index contributed by atoms with van der Waals surface area (Å²) in [5.41, 5.74) is 11.9. The molecule has 2 amide bonds. The Morgan fingerprint density at radius 2 is 1.05 bits per heavy atom. The first kappa shape index (κ1) is 52.9. The molecular formula is C56H53ClF4N12O2. The summed E-state index contributed by atoms with van der Waals surface area (Å²) in [4.78, 5) is 48.4. The summed E-state index contributed by atoms with van der Waals surface area (Å²) in [6.45, 7) is 12.9. The standard InChI is InChI=1S/C28H26F2N6O.C17H12ClN3O.C11H15F2N3/c1-3-24(37)32-20-8-4-6-18(16-20)21-9-5-7-19-17-31-28(34-27(19)21)33-22-10-11-23(26(30)25(22)29)36-14-12-35(2)13-15-36;1-2-15(22)20-13-7-3-5-11(9-13)14-8-4-6-12-10-19-17(18)21-16(12)14;1-15-4-6-16(7-5-15)9-3-2-8(14)10(12)11(9)13/h3-11,16-17H,1,12-15H2,2H3,(H,32,37)(H,31,33,34);2-10H,1H2,(H,20,22);2-3H,4-7,14H2,1H3. The van der Waals surface area contributed by atoms with Gasteiger partial charge in [0.25, 0.3) is 0 Å². The lowest BCUT2D eigenvalue weighted by Gasteiger charge is -2.34. The number of piperazine rings is 2. The number of benzene rings is 6. The van der Waals surface area contributed by atoms with Gasteiger partial charge in [-0.3, -0.25) is 9.59 Å². The first-order valence-electron chi connectivity index (χ1n) is 23.8. The van der Waals surface area contributed by atoms with Crippen LogP contribution in [-0.2, 0) is 9.59 Å². The molecule has 19 heteroatoms. The van der Waals surface area contributed by atoms with E-state index < -0.39 is 23.3 Å². The number of nitrogens with two attached hydrogens (primary N) is 1. The van der Waals surface area contributed by atoms with Crippen LogP contribution in [0.5, 0.6) is 0 Å². The number of anilines is 7. The Kier molecular flexibility index (Phi) is 17.0. The molecule has 0 atom stereocenters. The molecule has 10 rings (SSSR count). The number of para-hydroxylation sites is 2. The summed E-state index contributed by atoms with van der Waals surface area (Å²) in [6, 6.07) is 32.4. The van der Waals surface area contributed by atoms with Gasteiger partial charge in [-0.25, -0.2) is 37.5 Å². The number of nitrogens with zero attached hydrogens (tertiary/aromatic N) is 8.